The van der Waals surface area contributed by atoms with Crippen LogP contribution in [0.5, 0.6) is 11.5 Å². The van der Waals surface area contributed by atoms with Gasteiger partial charge in [-0.3, -0.25) is 9.59 Å². The largest absolute Gasteiger partial charge is 0.493 e. The van der Waals surface area contributed by atoms with Gasteiger partial charge >= 0.3 is 0 Å². The Kier molecular flexibility index (Phi) is 8.61. The number of hydrogen-bond acceptors (Lipinski definition) is 5. The molecule has 0 fully saturated rings. The van der Waals surface area contributed by atoms with Crippen molar-refractivity contribution in [3.63, 3.8) is 0 Å². The maximum atomic E-state index is 12.3. The number of likely N-dealkylation sites (N-methyl/N-ethyl adjacent to an activating group) is 1. The van der Waals surface area contributed by atoms with Crippen LogP contribution in [0, 0.1) is 0 Å². The fourth-order valence-electron chi connectivity index (χ4n) is 2.42. The number of carbonyl (C=O) groups is 2. The quantitative estimate of drug-likeness (QED) is 0.595. The number of nitrogens with zero attached hydrogens (tertiary/aromatic N) is 1. The molecule has 0 atom stereocenters. The van der Waals surface area contributed by atoms with Crippen molar-refractivity contribution >= 4 is 29.5 Å². The van der Waals surface area contributed by atoms with Crippen LogP contribution in [0.15, 0.2) is 41.0 Å². The van der Waals surface area contributed by atoms with E-state index in [9.17, 15) is 9.59 Å². The number of methoxy groups -OCH3 is 1. The number of ether oxygens (including phenoxy) is 2. The van der Waals surface area contributed by atoms with Gasteiger partial charge < -0.3 is 24.1 Å². The van der Waals surface area contributed by atoms with Crippen LogP contribution in [-0.2, 0) is 16.1 Å². The molecule has 156 valence electrons. The zero-order valence-corrected chi connectivity index (χ0v) is 17.5. The summed E-state index contributed by atoms with van der Waals surface area (Å²) < 4.78 is 16.1. The van der Waals surface area contributed by atoms with Crippen molar-refractivity contribution in [2.24, 2.45) is 0 Å². The zero-order chi connectivity index (χ0) is 21.2. The lowest BCUT2D eigenvalue weighted by Crippen LogP contribution is -2.37. The van der Waals surface area contributed by atoms with Gasteiger partial charge in [-0.1, -0.05) is 18.5 Å². The number of amides is 2. The van der Waals surface area contributed by atoms with Crippen molar-refractivity contribution < 1.29 is 23.5 Å². The second-order valence-corrected chi connectivity index (χ2v) is 6.67. The molecule has 0 spiro atoms. The van der Waals surface area contributed by atoms with Gasteiger partial charge in [0.25, 0.3) is 0 Å². The fraction of sp³-hybridized carbons (Fsp3) is 0.333. The Balaban J connectivity index is 1.94. The van der Waals surface area contributed by atoms with Crippen molar-refractivity contribution in [2.45, 2.75) is 19.9 Å². The van der Waals surface area contributed by atoms with Gasteiger partial charge in [0.05, 0.1) is 38.1 Å². The van der Waals surface area contributed by atoms with Crippen LogP contribution >= 0.6 is 11.6 Å². The topological polar surface area (TPSA) is 81.0 Å². The molecule has 0 aliphatic rings. The summed E-state index contributed by atoms with van der Waals surface area (Å²) in [6, 6.07) is 6.92. The summed E-state index contributed by atoms with van der Waals surface area (Å²) >= 11 is 6.28. The molecule has 8 heteroatoms. The lowest BCUT2D eigenvalue weighted by molar-refractivity contribution is -0.131. The average molecular weight is 421 g/mol. The Hall–Kier alpha value is -2.93. The number of rotatable bonds is 10. The fourth-order valence-corrected chi connectivity index (χ4v) is 2.70. The molecule has 1 aromatic heterocycles. The zero-order valence-electron chi connectivity index (χ0n) is 16.7. The van der Waals surface area contributed by atoms with E-state index in [0.29, 0.717) is 34.5 Å². The summed E-state index contributed by atoms with van der Waals surface area (Å²) in [7, 11) is 3.08. The van der Waals surface area contributed by atoms with Crippen LogP contribution < -0.4 is 14.8 Å². The minimum atomic E-state index is -0.320. The first-order valence-electron chi connectivity index (χ1n) is 9.17. The molecule has 2 amide bonds. The maximum absolute atomic E-state index is 12.3. The van der Waals surface area contributed by atoms with Crippen molar-refractivity contribution in [2.75, 3.05) is 27.3 Å². The van der Waals surface area contributed by atoms with Gasteiger partial charge in [-0.25, -0.2) is 0 Å². The number of carbonyl (C=O) groups excluding carboxylic acids is 2. The molecule has 0 unspecified atom stereocenters. The summed E-state index contributed by atoms with van der Waals surface area (Å²) in [5, 5.41) is 3.09. The van der Waals surface area contributed by atoms with Crippen LogP contribution in [0.1, 0.15) is 24.7 Å². The first kappa shape index (κ1) is 22.4. The Labute approximate surface area is 175 Å². The third-order valence-corrected chi connectivity index (χ3v) is 4.20. The molecule has 1 heterocycles. The van der Waals surface area contributed by atoms with E-state index < -0.39 is 0 Å². The molecule has 0 saturated heterocycles. The lowest BCUT2D eigenvalue weighted by atomic mass is 10.2. The van der Waals surface area contributed by atoms with E-state index in [1.165, 1.54) is 24.3 Å². The number of nitrogens with one attached hydrogen (secondary N) is 1. The normalized spacial score (nSPS) is 10.8. The number of halogens is 1. The smallest absolute Gasteiger partial charge is 0.246 e. The van der Waals surface area contributed by atoms with Crippen LogP contribution in [-0.4, -0.2) is 44.0 Å². The summed E-state index contributed by atoms with van der Waals surface area (Å²) in [6.07, 6.45) is 5.36. The Morgan fingerprint density at radius 2 is 2.14 bits per heavy atom. The predicted octanol–water partition coefficient (Wildman–Crippen LogP) is 3.52. The molecule has 0 saturated carbocycles. The SMILES string of the molecule is CCCOc1c(Cl)cc(/C=C/C(=O)N(C)CC(=O)NCc2ccco2)cc1OC. The standard InChI is InChI=1S/C21H25ClN2O5/c1-4-9-29-21-17(22)11-15(12-18(21)27-3)7-8-20(26)24(2)14-19(25)23-13-16-6-5-10-28-16/h5-8,10-12H,4,9,13-14H2,1-3H3,(H,23,25)/b8-7+. The van der Waals surface area contributed by atoms with E-state index in [-0.39, 0.29) is 24.9 Å². The van der Waals surface area contributed by atoms with E-state index in [1.54, 1.807) is 37.4 Å². The summed E-state index contributed by atoms with van der Waals surface area (Å²) in [5.74, 6) is 1.00. The van der Waals surface area contributed by atoms with E-state index in [1.807, 2.05) is 6.92 Å². The molecule has 2 rings (SSSR count). The molecular formula is C21H25ClN2O5. The second-order valence-electron chi connectivity index (χ2n) is 6.27. The van der Waals surface area contributed by atoms with Crippen molar-refractivity contribution in [1.29, 1.82) is 0 Å². The van der Waals surface area contributed by atoms with Gasteiger partial charge in [0.1, 0.15) is 5.76 Å². The Morgan fingerprint density at radius 3 is 2.79 bits per heavy atom. The summed E-state index contributed by atoms with van der Waals surface area (Å²) in [5.41, 5.74) is 0.680. The first-order valence-corrected chi connectivity index (χ1v) is 9.55. The molecule has 0 radical (unpaired) electrons. The third kappa shape index (κ3) is 6.87. The van der Waals surface area contributed by atoms with E-state index in [0.717, 1.165) is 6.42 Å². The van der Waals surface area contributed by atoms with Crippen molar-refractivity contribution in [3.05, 3.63) is 53.0 Å². The number of benzene rings is 1. The highest BCUT2D eigenvalue weighted by atomic mass is 35.5. The van der Waals surface area contributed by atoms with Gasteiger partial charge in [-0.2, -0.15) is 0 Å². The summed E-state index contributed by atoms with van der Waals surface area (Å²) in [4.78, 5) is 25.6. The monoisotopic (exact) mass is 420 g/mol. The van der Waals surface area contributed by atoms with Crippen LogP contribution in [0.4, 0.5) is 0 Å². The molecule has 7 nitrogen and oxygen atoms in total. The third-order valence-electron chi connectivity index (χ3n) is 3.92. The van der Waals surface area contributed by atoms with Crippen LogP contribution in [0.2, 0.25) is 5.02 Å². The highest BCUT2D eigenvalue weighted by Gasteiger charge is 2.13. The minimum Gasteiger partial charge on any atom is -0.493 e. The van der Waals surface area contributed by atoms with Gasteiger partial charge in [-0.05, 0) is 42.3 Å². The lowest BCUT2D eigenvalue weighted by Gasteiger charge is -2.15. The number of hydrogen-bond donors (Lipinski definition) is 1. The molecule has 1 aromatic carbocycles. The molecule has 0 bridgehead atoms. The first-order chi connectivity index (χ1) is 13.9. The molecule has 0 aliphatic heterocycles. The Bertz CT molecular complexity index is 849. The minimum absolute atomic E-state index is 0.0717. The van der Waals surface area contributed by atoms with Crippen LogP contribution in [0.25, 0.3) is 6.08 Å². The predicted molar refractivity (Wildman–Crippen MR) is 111 cm³/mol. The van der Waals surface area contributed by atoms with Crippen LogP contribution in [0.3, 0.4) is 0 Å². The van der Waals surface area contributed by atoms with Gasteiger partial charge in [-0.15, -0.1) is 0 Å². The van der Waals surface area contributed by atoms with Gasteiger partial charge in [0, 0.05) is 13.1 Å². The van der Waals surface area contributed by atoms with E-state index >= 15 is 0 Å². The molecule has 0 aliphatic carbocycles. The van der Waals surface area contributed by atoms with Crippen molar-refractivity contribution in [3.8, 4) is 11.5 Å². The highest BCUT2D eigenvalue weighted by Crippen LogP contribution is 2.36. The number of furan rings is 1. The maximum Gasteiger partial charge on any atom is 0.246 e. The molecule has 29 heavy (non-hydrogen) atoms. The van der Waals surface area contributed by atoms with Gasteiger partial charge in [0.2, 0.25) is 11.8 Å². The van der Waals surface area contributed by atoms with Gasteiger partial charge in [0.15, 0.2) is 11.5 Å². The average Bonchev–Trinajstić information content (AvgIpc) is 3.22. The van der Waals surface area contributed by atoms with E-state index in [4.69, 9.17) is 25.5 Å². The molecule has 2 aromatic rings. The Morgan fingerprint density at radius 1 is 1.34 bits per heavy atom. The molecular weight excluding hydrogens is 396 g/mol. The summed E-state index contributed by atoms with van der Waals surface area (Å²) in [6.45, 7) is 2.72. The van der Waals surface area contributed by atoms with Crippen molar-refractivity contribution in [1.82, 2.24) is 10.2 Å². The second kappa shape index (κ2) is 11.2. The molecule has 1 N–H and O–H groups in total. The highest BCUT2D eigenvalue weighted by molar-refractivity contribution is 6.32. The van der Waals surface area contributed by atoms with E-state index in [2.05, 4.69) is 5.32 Å².